The van der Waals surface area contributed by atoms with E-state index < -0.39 is 0 Å². The van der Waals surface area contributed by atoms with Crippen LogP contribution in [0.25, 0.3) is 0 Å². The molecule has 1 N–H and O–H groups in total. The first-order valence-corrected chi connectivity index (χ1v) is 4.06. The van der Waals surface area contributed by atoms with Crippen molar-refractivity contribution >= 4 is 0 Å². The summed E-state index contributed by atoms with van der Waals surface area (Å²) in [6, 6.07) is 0.505. The highest BCUT2D eigenvalue weighted by Gasteiger charge is 2.03. The molecule has 0 aliphatic carbocycles. The maximum Gasteiger partial charge on any atom is 0.0249 e. The molecule has 0 radical (unpaired) electrons. The Kier molecular flexibility index (Phi) is 5.32. The predicted molar refractivity (Wildman–Crippen MR) is 47.1 cm³/mol. The number of hydrogen-bond acceptors (Lipinski definition) is 1. The summed E-state index contributed by atoms with van der Waals surface area (Å²) in [6.07, 6.45) is 3.18. The van der Waals surface area contributed by atoms with E-state index in [-0.39, 0.29) is 0 Å². The van der Waals surface area contributed by atoms with E-state index in [2.05, 4.69) is 32.7 Å². The topological polar surface area (TPSA) is 12.0 Å². The van der Waals surface area contributed by atoms with Crippen LogP contribution in [0.4, 0.5) is 0 Å². The molecule has 60 valence electrons. The molecule has 1 heteroatoms. The molecule has 0 saturated carbocycles. The van der Waals surface area contributed by atoms with E-state index in [9.17, 15) is 0 Å². The zero-order chi connectivity index (χ0) is 7.98. The second kappa shape index (κ2) is 5.48. The fourth-order valence-electron chi connectivity index (χ4n) is 1.03. The lowest BCUT2D eigenvalue weighted by Gasteiger charge is -2.14. The minimum atomic E-state index is 0.505. The van der Waals surface area contributed by atoms with Crippen LogP contribution in [0.5, 0.6) is 0 Å². The summed E-state index contributed by atoms with van der Waals surface area (Å²) in [6.45, 7) is 11.4. The smallest absolute Gasteiger partial charge is 0.0249 e. The molecule has 0 aromatic rings. The van der Waals surface area contributed by atoms with E-state index >= 15 is 0 Å². The Balaban J connectivity index is 3.49. The average Bonchev–Trinajstić information content (AvgIpc) is 1.86. The zero-order valence-corrected chi connectivity index (χ0v) is 7.35. The molecule has 0 aromatic carbocycles. The lowest BCUT2D eigenvalue weighted by molar-refractivity contribution is 0.482. The summed E-state index contributed by atoms with van der Waals surface area (Å²) >= 11 is 0. The van der Waals surface area contributed by atoms with Crippen molar-refractivity contribution in [3.05, 3.63) is 12.7 Å². The van der Waals surface area contributed by atoms with Gasteiger partial charge < -0.3 is 5.32 Å². The van der Waals surface area contributed by atoms with Gasteiger partial charge in [0.1, 0.15) is 0 Å². The molecule has 0 aliphatic rings. The second-order valence-corrected chi connectivity index (χ2v) is 3.03. The van der Waals surface area contributed by atoms with Crippen molar-refractivity contribution in [2.24, 2.45) is 5.92 Å². The summed E-state index contributed by atoms with van der Waals surface area (Å²) in [7, 11) is 0. The molecule has 0 bridgehead atoms. The molecular weight excluding hydrogens is 122 g/mol. The van der Waals surface area contributed by atoms with Crippen LogP contribution in [0.15, 0.2) is 12.7 Å². The van der Waals surface area contributed by atoms with E-state index in [1.165, 1.54) is 6.42 Å². The Morgan fingerprint density at radius 3 is 2.40 bits per heavy atom. The molecule has 0 saturated heterocycles. The number of nitrogens with one attached hydrogen (secondary N) is 1. The van der Waals surface area contributed by atoms with E-state index in [4.69, 9.17) is 0 Å². The van der Waals surface area contributed by atoms with Crippen LogP contribution < -0.4 is 5.32 Å². The highest BCUT2D eigenvalue weighted by Crippen LogP contribution is 2.04. The summed E-state index contributed by atoms with van der Waals surface area (Å²) in [5.41, 5.74) is 0. The van der Waals surface area contributed by atoms with Crippen molar-refractivity contribution in [2.45, 2.75) is 33.2 Å². The van der Waals surface area contributed by atoms with Crippen LogP contribution in [-0.4, -0.2) is 12.6 Å². The van der Waals surface area contributed by atoms with Crippen LogP contribution in [0.1, 0.15) is 27.2 Å². The standard InChI is InChI=1S/C9H19N/c1-5-9(10-6-2)7-8(3)4/h5,8-10H,1,6-7H2,2-4H3. The van der Waals surface area contributed by atoms with Gasteiger partial charge in [0.25, 0.3) is 0 Å². The Labute approximate surface area is 64.5 Å². The van der Waals surface area contributed by atoms with Gasteiger partial charge in [-0.1, -0.05) is 26.8 Å². The predicted octanol–water partition coefficient (Wildman–Crippen LogP) is 2.20. The van der Waals surface area contributed by atoms with Gasteiger partial charge in [0.15, 0.2) is 0 Å². The number of rotatable bonds is 5. The third kappa shape index (κ3) is 4.57. The molecule has 10 heavy (non-hydrogen) atoms. The van der Waals surface area contributed by atoms with Crippen LogP contribution in [0.3, 0.4) is 0 Å². The van der Waals surface area contributed by atoms with Gasteiger partial charge in [-0.25, -0.2) is 0 Å². The van der Waals surface area contributed by atoms with E-state index in [1.54, 1.807) is 0 Å². The Hall–Kier alpha value is -0.300. The van der Waals surface area contributed by atoms with Crippen LogP contribution >= 0.6 is 0 Å². The maximum atomic E-state index is 3.77. The quantitative estimate of drug-likeness (QED) is 0.579. The summed E-state index contributed by atoms with van der Waals surface area (Å²) < 4.78 is 0. The highest BCUT2D eigenvalue weighted by molar-refractivity contribution is 4.85. The average molecular weight is 141 g/mol. The number of hydrogen-bond donors (Lipinski definition) is 1. The van der Waals surface area contributed by atoms with Crippen molar-refractivity contribution in [2.75, 3.05) is 6.54 Å². The van der Waals surface area contributed by atoms with Gasteiger partial charge in [-0.2, -0.15) is 0 Å². The van der Waals surface area contributed by atoms with Gasteiger partial charge in [0, 0.05) is 6.04 Å². The van der Waals surface area contributed by atoms with E-state index in [0.717, 1.165) is 12.5 Å². The first-order valence-electron chi connectivity index (χ1n) is 4.06. The van der Waals surface area contributed by atoms with Gasteiger partial charge in [-0.15, -0.1) is 6.58 Å². The lowest BCUT2D eigenvalue weighted by atomic mass is 10.0. The summed E-state index contributed by atoms with van der Waals surface area (Å²) in [4.78, 5) is 0. The molecule has 1 nitrogen and oxygen atoms in total. The Morgan fingerprint density at radius 2 is 2.10 bits per heavy atom. The normalized spacial score (nSPS) is 13.6. The molecular formula is C9H19N. The molecule has 0 aromatic heterocycles. The number of likely N-dealkylation sites (N-methyl/N-ethyl adjacent to an activating group) is 1. The van der Waals surface area contributed by atoms with E-state index in [0.29, 0.717) is 6.04 Å². The molecule has 0 spiro atoms. The molecule has 0 aliphatic heterocycles. The monoisotopic (exact) mass is 141 g/mol. The lowest BCUT2D eigenvalue weighted by Crippen LogP contribution is -2.27. The van der Waals surface area contributed by atoms with Gasteiger partial charge in [0.05, 0.1) is 0 Å². The first kappa shape index (κ1) is 9.70. The van der Waals surface area contributed by atoms with Gasteiger partial charge in [0.2, 0.25) is 0 Å². The largest absolute Gasteiger partial charge is 0.311 e. The molecule has 0 rings (SSSR count). The third-order valence-corrected chi connectivity index (χ3v) is 1.48. The van der Waals surface area contributed by atoms with Crippen molar-refractivity contribution in [3.63, 3.8) is 0 Å². The summed E-state index contributed by atoms with van der Waals surface area (Å²) in [5.74, 6) is 0.752. The minimum Gasteiger partial charge on any atom is -0.311 e. The fourth-order valence-corrected chi connectivity index (χ4v) is 1.03. The van der Waals surface area contributed by atoms with Gasteiger partial charge in [-0.05, 0) is 18.9 Å². The second-order valence-electron chi connectivity index (χ2n) is 3.03. The Bertz CT molecular complexity index is 86.7. The summed E-state index contributed by atoms with van der Waals surface area (Å²) in [5, 5.41) is 3.35. The molecule has 0 fully saturated rings. The molecule has 0 heterocycles. The van der Waals surface area contributed by atoms with Crippen LogP contribution in [-0.2, 0) is 0 Å². The van der Waals surface area contributed by atoms with Gasteiger partial charge in [-0.3, -0.25) is 0 Å². The SMILES string of the molecule is C=CC(CC(C)C)NCC. The third-order valence-electron chi connectivity index (χ3n) is 1.48. The van der Waals surface area contributed by atoms with Crippen molar-refractivity contribution < 1.29 is 0 Å². The van der Waals surface area contributed by atoms with Crippen LogP contribution in [0.2, 0.25) is 0 Å². The highest BCUT2D eigenvalue weighted by atomic mass is 14.9. The molecule has 0 amide bonds. The maximum absolute atomic E-state index is 3.77. The first-order chi connectivity index (χ1) is 4.70. The molecule has 1 atom stereocenters. The van der Waals surface area contributed by atoms with Crippen molar-refractivity contribution in [1.82, 2.24) is 5.32 Å². The zero-order valence-electron chi connectivity index (χ0n) is 7.35. The minimum absolute atomic E-state index is 0.505. The fraction of sp³-hybridized carbons (Fsp3) is 0.778. The molecule has 1 unspecified atom stereocenters. The van der Waals surface area contributed by atoms with Crippen LogP contribution in [0, 0.1) is 5.92 Å². The van der Waals surface area contributed by atoms with Crippen molar-refractivity contribution in [3.8, 4) is 0 Å². The van der Waals surface area contributed by atoms with Crippen molar-refractivity contribution in [1.29, 1.82) is 0 Å². The van der Waals surface area contributed by atoms with E-state index in [1.807, 2.05) is 6.08 Å². The van der Waals surface area contributed by atoms with Gasteiger partial charge >= 0.3 is 0 Å². The Morgan fingerprint density at radius 1 is 1.50 bits per heavy atom.